The number of carbonyl (C=O) groups excluding carboxylic acids is 2. The van der Waals surface area contributed by atoms with Gasteiger partial charge in [0.1, 0.15) is 5.78 Å². The van der Waals surface area contributed by atoms with Crippen LogP contribution in [-0.4, -0.2) is 29.7 Å². The largest absolute Gasteiger partial charge is 0.342 e. The lowest BCUT2D eigenvalue weighted by Crippen LogP contribution is -2.40. The molecule has 2 atom stereocenters. The van der Waals surface area contributed by atoms with Gasteiger partial charge >= 0.3 is 0 Å². The molecule has 2 unspecified atom stereocenters. The van der Waals surface area contributed by atoms with Crippen LogP contribution in [0.4, 0.5) is 0 Å². The van der Waals surface area contributed by atoms with Gasteiger partial charge in [-0.05, 0) is 38.7 Å². The molecule has 0 spiro atoms. The average molecular weight is 273 g/mol. The summed E-state index contributed by atoms with van der Waals surface area (Å²) in [7, 11) is 0. The van der Waals surface area contributed by atoms with Gasteiger partial charge in [-0.2, -0.15) is 0 Å². The van der Waals surface area contributed by atoms with Gasteiger partial charge in [0, 0.05) is 19.5 Å². The van der Waals surface area contributed by atoms with E-state index in [1.807, 2.05) is 49.1 Å². The van der Waals surface area contributed by atoms with Crippen LogP contribution >= 0.6 is 0 Å². The van der Waals surface area contributed by atoms with Gasteiger partial charge in [-0.15, -0.1) is 0 Å². The van der Waals surface area contributed by atoms with E-state index in [0.29, 0.717) is 6.42 Å². The Labute approximate surface area is 121 Å². The number of rotatable bonds is 6. The fourth-order valence-electron chi connectivity index (χ4n) is 3.19. The van der Waals surface area contributed by atoms with Gasteiger partial charge in [-0.1, -0.05) is 30.3 Å². The van der Waals surface area contributed by atoms with Crippen molar-refractivity contribution in [2.75, 3.05) is 13.1 Å². The maximum absolute atomic E-state index is 12.9. The van der Waals surface area contributed by atoms with E-state index < -0.39 is 5.41 Å². The Morgan fingerprint density at radius 2 is 1.80 bits per heavy atom. The normalized spacial score (nSPS) is 24.2. The average Bonchev–Trinajstić information content (AvgIpc) is 3.15. The van der Waals surface area contributed by atoms with Crippen molar-refractivity contribution in [1.29, 1.82) is 0 Å². The lowest BCUT2D eigenvalue weighted by Gasteiger charge is -2.26. The maximum Gasteiger partial charge on any atom is 0.233 e. The predicted octanol–water partition coefficient (Wildman–Crippen LogP) is 2.79. The Morgan fingerprint density at radius 3 is 2.30 bits per heavy atom. The Morgan fingerprint density at radius 1 is 1.20 bits per heavy atom. The first-order chi connectivity index (χ1) is 9.56. The third-order valence-corrected chi connectivity index (χ3v) is 4.36. The molecule has 1 aromatic rings. The zero-order valence-electron chi connectivity index (χ0n) is 12.6. The standard InChI is InChI=1S/C17H23NO2/c1-4-18(5-2)16(20)17(12-15(17)11-13(3)19)14-9-7-6-8-10-14/h6-10,15H,4-5,11-12H2,1-3H3. The molecule has 3 heteroatoms. The SMILES string of the molecule is CCN(CC)C(=O)C1(c2ccccc2)CC1CC(C)=O. The summed E-state index contributed by atoms with van der Waals surface area (Å²) in [5.74, 6) is 0.510. The minimum absolute atomic E-state index is 0.162. The van der Waals surface area contributed by atoms with Gasteiger partial charge < -0.3 is 9.69 Å². The molecular formula is C17H23NO2. The summed E-state index contributed by atoms with van der Waals surface area (Å²) in [4.78, 5) is 26.2. The molecule has 1 aliphatic carbocycles. The highest BCUT2D eigenvalue weighted by Gasteiger charge is 2.61. The van der Waals surface area contributed by atoms with E-state index >= 15 is 0 Å². The second kappa shape index (κ2) is 5.78. The highest BCUT2D eigenvalue weighted by Crippen LogP contribution is 2.57. The smallest absolute Gasteiger partial charge is 0.233 e. The first-order valence-corrected chi connectivity index (χ1v) is 7.40. The zero-order chi connectivity index (χ0) is 14.8. The van der Waals surface area contributed by atoms with E-state index in [-0.39, 0.29) is 17.6 Å². The number of hydrogen-bond acceptors (Lipinski definition) is 2. The second-order valence-corrected chi connectivity index (χ2v) is 5.62. The summed E-state index contributed by atoms with van der Waals surface area (Å²) >= 11 is 0. The zero-order valence-corrected chi connectivity index (χ0v) is 12.6. The molecule has 0 bridgehead atoms. The van der Waals surface area contributed by atoms with Crippen molar-refractivity contribution in [3.05, 3.63) is 35.9 Å². The Bertz CT molecular complexity index is 493. The second-order valence-electron chi connectivity index (χ2n) is 5.62. The Balaban J connectivity index is 2.33. The van der Waals surface area contributed by atoms with Crippen LogP contribution in [-0.2, 0) is 15.0 Å². The third kappa shape index (κ3) is 2.49. The molecule has 1 fully saturated rings. The molecule has 0 aromatic heterocycles. The number of hydrogen-bond donors (Lipinski definition) is 0. The number of amides is 1. The van der Waals surface area contributed by atoms with E-state index in [0.717, 1.165) is 25.1 Å². The lowest BCUT2D eigenvalue weighted by atomic mass is 9.90. The van der Waals surface area contributed by atoms with Crippen molar-refractivity contribution in [1.82, 2.24) is 4.90 Å². The summed E-state index contributed by atoms with van der Waals surface area (Å²) < 4.78 is 0. The van der Waals surface area contributed by atoms with Gasteiger partial charge in [-0.25, -0.2) is 0 Å². The van der Waals surface area contributed by atoms with E-state index in [1.54, 1.807) is 6.92 Å². The Hall–Kier alpha value is -1.64. The summed E-state index contributed by atoms with van der Waals surface area (Å²) in [6.45, 7) is 7.05. The van der Waals surface area contributed by atoms with Gasteiger partial charge in [0.25, 0.3) is 0 Å². The van der Waals surface area contributed by atoms with Crippen LogP contribution in [0, 0.1) is 5.92 Å². The number of nitrogens with zero attached hydrogens (tertiary/aromatic N) is 1. The molecule has 20 heavy (non-hydrogen) atoms. The summed E-state index contributed by atoms with van der Waals surface area (Å²) in [5.41, 5.74) is 0.599. The number of ketones is 1. The maximum atomic E-state index is 12.9. The minimum Gasteiger partial charge on any atom is -0.342 e. The summed E-state index contributed by atoms with van der Waals surface area (Å²) in [5, 5.41) is 0. The van der Waals surface area contributed by atoms with Crippen molar-refractivity contribution < 1.29 is 9.59 Å². The van der Waals surface area contributed by atoms with Crippen LogP contribution in [0.1, 0.15) is 39.2 Å². The molecule has 108 valence electrons. The molecule has 2 rings (SSSR count). The van der Waals surface area contributed by atoms with Crippen LogP contribution in [0.15, 0.2) is 30.3 Å². The number of likely N-dealkylation sites (N-methyl/N-ethyl adjacent to an activating group) is 1. The lowest BCUT2D eigenvalue weighted by molar-refractivity contribution is -0.134. The highest BCUT2D eigenvalue weighted by atomic mass is 16.2. The quantitative estimate of drug-likeness (QED) is 0.799. The molecular weight excluding hydrogens is 250 g/mol. The predicted molar refractivity (Wildman–Crippen MR) is 79.5 cm³/mol. The number of benzene rings is 1. The molecule has 1 saturated carbocycles. The van der Waals surface area contributed by atoms with Crippen molar-refractivity contribution >= 4 is 11.7 Å². The number of carbonyl (C=O) groups is 2. The fourth-order valence-corrected chi connectivity index (χ4v) is 3.19. The van der Waals surface area contributed by atoms with E-state index in [2.05, 4.69) is 0 Å². The monoisotopic (exact) mass is 273 g/mol. The molecule has 1 aromatic carbocycles. The molecule has 0 saturated heterocycles. The van der Waals surface area contributed by atoms with E-state index in [4.69, 9.17) is 0 Å². The third-order valence-electron chi connectivity index (χ3n) is 4.36. The molecule has 0 radical (unpaired) electrons. The van der Waals surface area contributed by atoms with Crippen LogP contribution in [0.2, 0.25) is 0 Å². The molecule has 1 amide bonds. The van der Waals surface area contributed by atoms with E-state index in [9.17, 15) is 9.59 Å². The van der Waals surface area contributed by atoms with Crippen molar-refractivity contribution in [3.63, 3.8) is 0 Å². The molecule has 3 nitrogen and oxygen atoms in total. The van der Waals surface area contributed by atoms with Gasteiger partial charge in [-0.3, -0.25) is 4.79 Å². The van der Waals surface area contributed by atoms with E-state index in [1.165, 1.54) is 0 Å². The summed E-state index contributed by atoms with van der Waals surface area (Å²) in [6.07, 6.45) is 1.30. The first kappa shape index (κ1) is 14.8. The van der Waals surface area contributed by atoms with Gasteiger partial charge in [0.15, 0.2) is 0 Å². The topological polar surface area (TPSA) is 37.4 Å². The van der Waals surface area contributed by atoms with Crippen LogP contribution in [0.25, 0.3) is 0 Å². The van der Waals surface area contributed by atoms with Crippen LogP contribution < -0.4 is 0 Å². The first-order valence-electron chi connectivity index (χ1n) is 7.40. The number of Topliss-reactive ketones (excluding diaryl/α,β-unsaturated/α-hetero) is 1. The summed E-state index contributed by atoms with van der Waals surface area (Å²) in [6, 6.07) is 9.93. The van der Waals surface area contributed by atoms with Gasteiger partial charge in [0.05, 0.1) is 5.41 Å². The van der Waals surface area contributed by atoms with Crippen molar-refractivity contribution in [2.24, 2.45) is 5.92 Å². The van der Waals surface area contributed by atoms with Crippen molar-refractivity contribution in [3.8, 4) is 0 Å². The molecule has 0 aliphatic heterocycles. The van der Waals surface area contributed by atoms with Crippen molar-refractivity contribution in [2.45, 2.75) is 39.0 Å². The molecule has 1 aliphatic rings. The van der Waals surface area contributed by atoms with Crippen LogP contribution in [0.3, 0.4) is 0 Å². The highest BCUT2D eigenvalue weighted by molar-refractivity contribution is 5.93. The van der Waals surface area contributed by atoms with Gasteiger partial charge in [0.2, 0.25) is 5.91 Å². The Kier molecular flexibility index (Phi) is 4.26. The molecule has 0 N–H and O–H groups in total. The fraction of sp³-hybridized carbons (Fsp3) is 0.529. The minimum atomic E-state index is -0.459. The van der Waals surface area contributed by atoms with Crippen LogP contribution in [0.5, 0.6) is 0 Å². The molecule has 0 heterocycles.